The lowest BCUT2D eigenvalue weighted by Gasteiger charge is -2.11. The summed E-state index contributed by atoms with van der Waals surface area (Å²) in [5, 5.41) is 0. The molecule has 0 saturated carbocycles. The predicted octanol–water partition coefficient (Wildman–Crippen LogP) is 8.09. The monoisotopic (exact) mass is 488 g/mol. The molecule has 0 unspecified atom stereocenters. The second kappa shape index (κ2) is 11.0. The fraction of sp³-hybridized carbons (Fsp3) is 0.100. The third kappa shape index (κ3) is 5.33. The lowest BCUT2D eigenvalue weighted by Crippen LogP contribution is -2.09. The Morgan fingerprint density at radius 2 is 1.39 bits per heavy atom. The molecule has 3 nitrogen and oxygen atoms in total. The SMILES string of the molecule is CC=Cc1ccc(-c2ccc(-c3ccc(OC(=O)c4ccc(OCC)c(F)c4)cc3)c(F)c2F)cc1. The molecule has 0 N–H and O–H groups in total. The highest BCUT2D eigenvalue weighted by Gasteiger charge is 2.17. The van der Waals surface area contributed by atoms with E-state index in [4.69, 9.17) is 9.47 Å². The molecule has 0 spiro atoms. The maximum Gasteiger partial charge on any atom is 0.343 e. The van der Waals surface area contributed by atoms with Crippen LogP contribution < -0.4 is 9.47 Å². The Labute approximate surface area is 207 Å². The zero-order valence-electron chi connectivity index (χ0n) is 19.7. The molecule has 4 rings (SSSR count). The van der Waals surface area contributed by atoms with Gasteiger partial charge in [-0.1, -0.05) is 60.7 Å². The quantitative estimate of drug-likeness (QED) is 0.195. The first-order chi connectivity index (χ1) is 17.4. The molecule has 0 bridgehead atoms. The van der Waals surface area contributed by atoms with Crippen LogP contribution in [0.25, 0.3) is 28.3 Å². The summed E-state index contributed by atoms with van der Waals surface area (Å²) in [4.78, 5) is 12.4. The van der Waals surface area contributed by atoms with Crippen molar-refractivity contribution in [2.45, 2.75) is 13.8 Å². The number of rotatable bonds is 7. The van der Waals surface area contributed by atoms with Gasteiger partial charge >= 0.3 is 5.97 Å². The zero-order valence-corrected chi connectivity index (χ0v) is 19.7. The third-order valence-corrected chi connectivity index (χ3v) is 5.51. The van der Waals surface area contributed by atoms with Crippen LogP contribution in [0.4, 0.5) is 13.2 Å². The molecule has 0 aliphatic rings. The lowest BCUT2D eigenvalue weighted by molar-refractivity contribution is 0.0734. The predicted molar refractivity (Wildman–Crippen MR) is 134 cm³/mol. The van der Waals surface area contributed by atoms with E-state index >= 15 is 0 Å². The molecule has 0 aliphatic heterocycles. The van der Waals surface area contributed by atoms with Crippen molar-refractivity contribution in [1.82, 2.24) is 0 Å². The molecule has 6 heteroatoms. The van der Waals surface area contributed by atoms with E-state index < -0.39 is 23.4 Å². The van der Waals surface area contributed by atoms with Crippen molar-refractivity contribution in [1.29, 1.82) is 0 Å². The maximum atomic E-state index is 15.0. The van der Waals surface area contributed by atoms with Crippen molar-refractivity contribution >= 4 is 12.0 Å². The second-order valence-electron chi connectivity index (χ2n) is 7.90. The first-order valence-corrected chi connectivity index (χ1v) is 11.4. The second-order valence-corrected chi connectivity index (χ2v) is 7.90. The summed E-state index contributed by atoms with van der Waals surface area (Å²) in [6, 6.07) is 20.0. The van der Waals surface area contributed by atoms with E-state index in [-0.39, 0.29) is 28.2 Å². The van der Waals surface area contributed by atoms with Gasteiger partial charge in [0, 0.05) is 11.1 Å². The summed E-state index contributed by atoms with van der Waals surface area (Å²) < 4.78 is 54.3. The highest BCUT2D eigenvalue weighted by atomic mass is 19.2. The number of allylic oxidation sites excluding steroid dienone is 1. The van der Waals surface area contributed by atoms with Crippen molar-refractivity contribution in [3.05, 3.63) is 114 Å². The van der Waals surface area contributed by atoms with Gasteiger partial charge in [-0.05, 0) is 60.9 Å². The first-order valence-electron chi connectivity index (χ1n) is 11.4. The Kier molecular flexibility index (Phi) is 7.54. The topological polar surface area (TPSA) is 35.5 Å². The van der Waals surface area contributed by atoms with Gasteiger partial charge in [0.05, 0.1) is 12.2 Å². The average molecular weight is 489 g/mol. The highest BCUT2D eigenvalue weighted by molar-refractivity contribution is 5.91. The van der Waals surface area contributed by atoms with Crippen molar-refractivity contribution in [2.75, 3.05) is 6.61 Å². The number of hydrogen-bond acceptors (Lipinski definition) is 3. The van der Waals surface area contributed by atoms with Crippen LogP contribution in [0, 0.1) is 17.5 Å². The standard InChI is InChI=1S/C30H23F3O3/c1-3-5-19-6-8-20(9-7-19)24-15-16-25(29(33)28(24)32)21-10-13-23(14-11-21)36-30(34)22-12-17-27(35-4-2)26(31)18-22/h3,5-18H,4H2,1-2H3. The van der Waals surface area contributed by atoms with Gasteiger partial charge in [0.1, 0.15) is 5.75 Å². The first kappa shape index (κ1) is 24.8. The molecule has 0 saturated heterocycles. The average Bonchev–Trinajstić information content (AvgIpc) is 2.88. The summed E-state index contributed by atoms with van der Waals surface area (Å²) in [5.74, 6) is -3.12. The summed E-state index contributed by atoms with van der Waals surface area (Å²) in [5.41, 5.74) is 2.20. The van der Waals surface area contributed by atoms with Crippen LogP contribution in [0.2, 0.25) is 0 Å². The van der Waals surface area contributed by atoms with Crippen molar-refractivity contribution in [3.8, 4) is 33.8 Å². The molecule has 0 heterocycles. The van der Waals surface area contributed by atoms with Gasteiger partial charge in [-0.25, -0.2) is 18.0 Å². The summed E-state index contributed by atoms with van der Waals surface area (Å²) >= 11 is 0. The van der Waals surface area contributed by atoms with Crippen LogP contribution in [0.1, 0.15) is 29.8 Å². The molecule has 0 amide bonds. The molecular weight excluding hydrogens is 465 g/mol. The number of hydrogen-bond donors (Lipinski definition) is 0. The Hall–Kier alpha value is -4.32. The van der Waals surface area contributed by atoms with Crippen LogP contribution >= 0.6 is 0 Å². The lowest BCUT2D eigenvalue weighted by atomic mass is 9.98. The van der Waals surface area contributed by atoms with Gasteiger partial charge in [-0.2, -0.15) is 0 Å². The normalized spacial score (nSPS) is 11.0. The summed E-state index contributed by atoms with van der Waals surface area (Å²) in [7, 11) is 0. The molecule has 0 aliphatic carbocycles. The number of ether oxygens (including phenoxy) is 2. The van der Waals surface area contributed by atoms with Crippen LogP contribution in [0.3, 0.4) is 0 Å². The van der Waals surface area contributed by atoms with E-state index in [1.807, 2.05) is 31.2 Å². The Balaban J connectivity index is 1.51. The van der Waals surface area contributed by atoms with E-state index in [1.165, 1.54) is 48.5 Å². The van der Waals surface area contributed by atoms with Crippen molar-refractivity contribution < 1.29 is 27.4 Å². The van der Waals surface area contributed by atoms with Crippen LogP contribution in [0.15, 0.2) is 84.9 Å². The van der Waals surface area contributed by atoms with Crippen LogP contribution in [-0.4, -0.2) is 12.6 Å². The fourth-order valence-electron chi connectivity index (χ4n) is 3.73. The molecule has 4 aromatic carbocycles. The molecule has 4 aromatic rings. The Bertz CT molecular complexity index is 1410. The minimum atomic E-state index is -0.973. The van der Waals surface area contributed by atoms with E-state index in [0.717, 1.165) is 11.6 Å². The molecule has 182 valence electrons. The largest absolute Gasteiger partial charge is 0.491 e. The minimum absolute atomic E-state index is 0.0162. The Morgan fingerprint density at radius 3 is 1.92 bits per heavy atom. The number of esters is 1. The van der Waals surface area contributed by atoms with Crippen LogP contribution in [-0.2, 0) is 0 Å². The molecule has 36 heavy (non-hydrogen) atoms. The van der Waals surface area contributed by atoms with Crippen molar-refractivity contribution in [2.24, 2.45) is 0 Å². The zero-order chi connectivity index (χ0) is 25.7. The highest BCUT2D eigenvalue weighted by Crippen LogP contribution is 2.32. The molecule has 0 aromatic heterocycles. The summed E-state index contributed by atoms with van der Waals surface area (Å²) in [6.45, 7) is 3.93. The maximum absolute atomic E-state index is 15.0. The molecule has 0 fully saturated rings. The Morgan fingerprint density at radius 1 is 0.806 bits per heavy atom. The van der Waals surface area contributed by atoms with Crippen molar-refractivity contribution in [3.63, 3.8) is 0 Å². The van der Waals surface area contributed by atoms with Gasteiger partial charge in [-0.15, -0.1) is 0 Å². The van der Waals surface area contributed by atoms with Gasteiger partial charge in [0.25, 0.3) is 0 Å². The van der Waals surface area contributed by atoms with E-state index in [0.29, 0.717) is 17.7 Å². The third-order valence-electron chi connectivity index (χ3n) is 5.51. The van der Waals surface area contributed by atoms with Gasteiger partial charge in [0.2, 0.25) is 0 Å². The smallest absolute Gasteiger partial charge is 0.343 e. The van der Waals surface area contributed by atoms with E-state index in [1.54, 1.807) is 19.1 Å². The van der Waals surface area contributed by atoms with Gasteiger partial charge in [0.15, 0.2) is 23.2 Å². The molecule has 0 radical (unpaired) electrons. The van der Waals surface area contributed by atoms with Gasteiger partial charge < -0.3 is 9.47 Å². The fourth-order valence-corrected chi connectivity index (χ4v) is 3.73. The van der Waals surface area contributed by atoms with Gasteiger partial charge in [-0.3, -0.25) is 0 Å². The molecule has 0 atom stereocenters. The number of carbonyl (C=O) groups is 1. The number of carbonyl (C=O) groups excluding carboxylic acids is 1. The molecular formula is C30H23F3O3. The number of benzene rings is 4. The minimum Gasteiger partial charge on any atom is -0.491 e. The van der Waals surface area contributed by atoms with E-state index in [2.05, 4.69) is 0 Å². The van der Waals surface area contributed by atoms with Crippen LogP contribution in [0.5, 0.6) is 11.5 Å². The number of halogens is 3. The summed E-state index contributed by atoms with van der Waals surface area (Å²) in [6.07, 6.45) is 3.82. The van der Waals surface area contributed by atoms with E-state index in [9.17, 15) is 18.0 Å².